The Balaban J connectivity index is 2.25. The van der Waals surface area contributed by atoms with Gasteiger partial charge in [-0.3, -0.25) is 0 Å². The van der Waals surface area contributed by atoms with Gasteiger partial charge in [-0.1, -0.05) is 12.1 Å². The highest BCUT2D eigenvalue weighted by molar-refractivity contribution is 7.90. The first-order valence-corrected chi connectivity index (χ1v) is 6.82. The van der Waals surface area contributed by atoms with Gasteiger partial charge in [0.15, 0.2) is 9.84 Å². The molecule has 6 heteroatoms. The number of aryl methyl sites for hydroxylation is 1. The molecule has 0 saturated carbocycles. The van der Waals surface area contributed by atoms with E-state index in [2.05, 4.69) is 10.5 Å². The molecule has 0 unspecified atom stereocenters. The molecule has 0 saturated heterocycles. The molecule has 2 heterocycles. The van der Waals surface area contributed by atoms with Crippen LogP contribution < -0.4 is 5.32 Å². The lowest BCUT2D eigenvalue weighted by atomic mass is 10.2. The zero-order valence-electron chi connectivity index (χ0n) is 8.62. The van der Waals surface area contributed by atoms with E-state index in [9.17, 15) is 8.42 Å². The van der Waals surface area contributed by atoms with Crippen molar-refractivity contribution in [1.82, 2.24) is 10.5 Å². The third-order valence-corrected chi connectivity index (χ3v) is 4.05. The highest BCUT2D eigenvalue weighted by Crippen LogP contribution is 2.23. The summed E-state index contributed by atoms with van der Waals surface area (Å²) < 4.78 is 28.0. The number of nitrogens with zero attached hydrogens (tertiary/aromatic N) is 1. The van der Waals surface area contributed by atoms with Gasteiger partial charge in [0, 0.05) is 18.5 Å². The number of rotatable bonds is 3. The smallest absolute Gasteiger partial charge is 0.155 e. The average molecular weight is 230 g/mol. The molecule has 0 fully saturated rings. The second-order valence-electron chi connectivity index (χ2n) is 3.65. The fourth-order valence-electron chi connectivity index (χ4n) is 1.66. The summed E-state index contributed by atoms with van der Waals surface area (Å²) in [6, 6.07) is 0. The van der Waals surface area contributed by atoms with Gasteiger partial charge in [-0.05, 0) is 6.54 Å². The zero-order chi connectivity index (χ0) is 10.9. The van der Waals surface area contributed by atoms with Crippen molar-refractivity contribution >= 4 is 9.84 Å². The first kappa shape index (κ1) is 10.6. The highest BCUT2D eigenvalue weighted by Gasteiger charge is 2.27. The summed E-state index contributed by atoms with van der Waals surface area (Å²) in [5.41, 5.74) is 1.50. The number of hydrogen-bond acceptors (Lipinski definition) is 5. The summed E-state index contributed by atoms with van der Waals surface area (Å²) in [4.78, 5) is 0. The van der Waals surface area contributed by atoms with Crippen molar-refractivity contribution in [1.29, 1.82) is 0 Å². The molecule has 2 rings (SSSR count). The van der Waals surface area contributed by atoms with Gasteiger partial charge < -0.3 is 9.84 Å². The first-order valence-electron chi connectivity index (χ1n) is 5.00. The van der Waals surface area contributed by atoms with Crippen LogP contribution in [0.3, 0.4) is 0 Å². The van der Waals surface area contributed by atoms with Crippen LogP contribution in [0.1, 0.15) is 23.9 Å². The number of hydrogen-bond donors (Lipinski definition) is 1. The molecule has 0 amide bonds. The number of fused-ring (bicyclic) bond motifs is 1. The largest absolute Gasteiger partial charge is 0.361 e. The van der Waals surface area contributed by atoms with Crippen LogP contribution in [0.2, 0.25) is 0 Å². The average Bonchev–Trinajstić information content (AvgIpc) is 2.56. The van der Waals surface area contributed by atoms with Gasteiger partial charge >= 0.3 is 0 Å². The molecule has 0 spiro atoms. The van der Waals surface area contributed by atoms with Gasteiger partial charge in [-0.25, -0.2) is 8.42 Å². The molecular formula is C9H14N2O3S. The zero-order valence-corrected chi connectivity index (χ0v) is 9.43. The maximum absolute atomic E-state index is 11.4. The first-order chi connectivity index (χ1) is 7.12. The summed E-state index contributed by atoms with van der Waals surface area (Å²) >= 11 is 0. The minimum atomic E-state index is -2.94. The van der Waals surface area contributed by atoms with Crippen molar-refractivity contribution in [2.45, 2.75) is 25.6 Å². The maximum Gasteiger partial charge on any atom is 0.155 e. The molecule has 1 aromatic rings. The number of aromatic nitrogens is 1. The van der Waals surface area contributed by atoms with Gasteiger partial charge in [-0.2, -0.15) is 0 Å². The Labute approximate surface area is 88.8 Å². The molecule has 1 N–H and O–H groups in total. The molecular weight excluding hydrogens is 216 g/mol. The van der Waals surface area contributed by atoms with E-state index in [4.69, 9.17) is 4.52 Å². The summed E-state index contributed by atoms with van der Waals surface area (Å²) in [7, 11) is -2.94. The molecule has 15 heavy (non-hydrogen) atoms. The lowest BCUT2D eigenvalue weighted by molar-refractivity contribution is 0.377. The topological polar surface area (TPSA) is 72.2 Å². The van der Waals surface area contributed by atoms with Crippen molar-refractivity contribution in [2.75, 3.05) is 12.3 Å². The molecule has 5 nitrogen and oxygen atoms in total. The normalized spacial score (nSPS) is 18.7. The van der Waals surface area contributed by atoms with Crippen LogP contribution in [0, 0.1) is 0 Å². The van der Waals surface area contributed by atoms with Gasteiger partial charge in [0.25, 0.3) is 0 Å². The standard InChI is InChI=1S/C9H14N2O3S/c1-2-10-5-8-7-6-15(12,13)4-3-9(7)14-11-8/h10H,2-6H2,1H3. The Morgan fingerprint density at radius 2 is 2.33 bits per heavy atom. The molecule has 1 aliphatic heterocycles. The van der Waals surface area contributed by atoms with Crippen LogP contribution >= 0.6 is 0 Å². The maximum atomic E-state index is 11.4. The highest BCUT2D eigenvalue weighted by atomic mass is 32.2. The Kier molecular flexibility index (Phi) is 2.79. The molecule has 0 bridgehead atoms. The third kappa shape index (κ3) is 2.21. The van der Waals surface area contributed by atoms with Crippen molar-refractivity contribution in [3.05, 3.63) is 17.0 Å². The van der Waals surface area contributed by atoms with E-state index in [0.29, 0.717) is 13.0 Å². The van der Waals surface area contributed by atoms with E-state index >= 15 is 0 Å². The van der Waals surface area contributed by atoms with Gasteiger partial charge in [0.05, 0.1) is 11.5 Å². The van der Waals surface area contributed by atoms with Crippen molar-refractivity contribution in [3.8, 4) is 0 Å². The Morgan fingerprint density at radius 3 is 3.07 bits per heavy atom. The summed E-state index contributed by atoms with van der Waals surface area (Å²) in [5.74, 6) is 0.986. The fraction of sp³-hybridized carbons (Fsp3) is 0.667. The quantitative estimate of drug-likeness (QED) is 0.806. The third-order valence-electron chi connectivity index (χ3n) is 2.50. The molecule has 0 atom stereocenters. The number of sulfone groups is 1. The molecule has 1 aromatic heterocycles. The van der Waals surface area contributed by atoms with Crippen LogP contribution in [0.25, 0.3) is 0 Å². The predicted molar refractivity (Wildman–Crippen MR) is 55.1 cm³/mol. The Bertz CT molecular complexity index is 450. The second kappa shape index (κ2) is 3.94. The lowest BCUT2D eigenvalue weighted by Gasteiger charge is -2.10. The van der Waals surface area contributed by atoms with E-state index in [1.54, 1.807) is 0 Å². The van der Waals surface area contributed by atoms with Crippen molar-refractivity contribution in [3.63, 3.8) is 0 Å². The number of nitrogens with one attached hydrogen (secondary N) is 1. The lowest BCUT2D eigenvalue weighted by Crippen LogP contribution is -2.20. The van der Waals surface area contributed by atoms with Gasteiger partial charge in [-0.15, -0.1) is 0 Å². The van der Waals surface area contributed by atoms with Crippen LogP contribution in [-0.4, -0.2) is 25.9 Å². The van der Waals surface area contributed by atoms with Gasteiger partial charge in [0.2, 0.25) is 0 Å². The minimum absolute atomic E-state index is 0.0760. The Hall–Kier alpha value is -0.880. The van der Waals surface area contributed by atoms with E-state index in [1.165, 1.54) is 0 Å². The van der Waals surface area contributed by atoms with Crippen LogP contribution in [0.15, 0.2) is 4.52 Å². The second-order valence-corrected chi connectivity index (χ2v) is 5.84. The van der Waals surface area contributed by atoms with E-state index < -0.39 is 9.84 Å². The van der Waals surface area contributed by atoms with Crippen LogP contribution in [0.5, 0.6) is 0 Å². The molecule has 1 aliphatic rings. The summed E-state index contributed by atoms with van der Waals surface area (Å²) in [5, 5.41) is 7.01. The van der Waals surface area contributed by atoms with Crippen molar-refractivity contribution in [2.24, 2.45) is 0 Å². The molecule has 0 radical (unpaired) electrons. The van der Waals surface area contributed by atoms with E-state index in [1.807, 2.05) is 6.92 Å². The monoisotopic (exact) mass is 230 g/mol. The van der Waals surface area contributed by atoms with Gasteiger partial charge in [0.1, 0.15) is 11.5 Å². The van der Waals surface area contributed by atoms with Crippen LogP contribution in [-0.2, 0) is 28.6 Å². The predicted octanol–water partition coefficient (Wildman–Crippen LogP) is 0.255. The fourth-order valence-corrected chi connectivity index (χ4v) is 3.07. The molecule has 0 aliphatic carbocycles. The summed E-state index contributed by atoms with van der Waals surface area (Å²) in [6.07, 6.45) is 0.455. The summed E-state index contributed by atoms with van der Waals surface area (Å²) in [6.45, 7) is 3.39. The van der Waals surface area contributed by atoms with E-state index in [-0.39, 0.29) is 11.5 Å². The molecule has 84 valence electrons. The SMILES string of the molecule is CCNCc1noc2c1CS(=O)(=O)CC2. The Morgan fingerprint density at radius 1 is 1.53 bits per heavy atom. The van der Waals surface area contributed by atoms with Crippen molar-refractivity contribution < 1.29 is 12.9 Å². The molecule has 0 aromatic carbocycles. The minimum Gasteiger partial charge on any atom is -0.361 e. The van der Waals surface area contributed by atoms with E-state index in [0.717, 1.165) is 23.6 Å². The van der Waals surface area contributed by atoms with Crippen LogP contribution in [0.4, 0.5) is 0 Å².